The summed E-state index contributed by atoms with van der Waals surface area (Å²) >= 11 is 0. The second-order valence-electron chi connectivity index (χ2n) is 6.83. The fourth-order valence-electron chi connectivity index (χ4n) is 3.37. The highest BCUT2D eigenvalue weighted by atomic mass is 16.2. The molecule has 2 amide bonds. The fourth-order valence-corrected chi connectivity index (χ4v) is 3.37. The monoisotopic (exact) mass is 376 g/mol. The molecule has 1 N–H and O–H groups in total. The number of carbonyl (C=O) groups is 2. The first kappa shape index (κ1) is 17.8. The molecule has 1 fully saturated rings. The minimum Gasteiger partial charge on any atom is -0.338 e. The molecular weight excluding hydrogens is 356 g/mol. The smallest absolute Gasteiger partial charge is 0.255 e. The number of aryl methyl sites for hydroxylation is 1. The average Bonchev–Trinajstić information content (AvgIpc) is 3.35. The van der Waals surface area contributed by atoms with E-state index in [-0.39, 0.29) is 11.8 Å². The van der Waals surface area contributed by atoms with Crippen LogP contribution in [0, 0.1) is 6.92 Å². The lowest BCUT2D eigenvalue weighted by molar-refractivity contribution is -0.128. The molecule has 0 atom stereocenters. The predicted molar refractivity (Wildman–Crippen MR) is 103 cm³/mol. The number of anilines is 1. The molecule has 8 heteroatoms. The Morgan fingerprint density at radius 3 is 2.82 bits per heavy atom. The number of hydrogen-bond acceptors (Lipinski definition) is 5. The molecule has 0 radical (unpaired) electrons. The van der Waals surface area contributed by atoms with Crippen molar-refractivity contribution < 1.29 is 9.59 Å². The van der Waals surface area contributed by atoms with Gasteiger partial charge in [0.05, 0.1) is 5.69 Å². The Balaban J connectivity index is 1.47. The van der Waals surface area contributed by atoms with Crippen LogP contribution in [0.5, 0.6) is 0 Å². The summed E-state index contributed by atoms with van der Waals surface area (Å²) in [6, 6.07) is 12.9. The number of nitrogens with one attached hydrogen (secondary N) is 1. The summed E-state index contributed by atoms with van der Waals surface area (Å²) < 4.78 is 1.57. The maximum atomic E-state index is 12.7. The SMILES string of the molecule is Cc1cc(NC(=O)c2cccc(CN3CCCC3=O)c2)ccc1-n1cnnn1. The lowest BCUT2D eigenvalue weighted by atomic mass is 10.1. The Kier molecular flexibility index (Phi) is 4.84. The Labute approximate surface area is 162 Å². The van der Waals surface area contributed by atoms with Crippen molar-refractivity contribution in [3.8, 4) is 5.69 Å². The number of hydrogen-bond donors (Lipinski definition) is 1. The van der Waals surface area contributed by atoms with E-state index in [1.165, 1.54) is 6.33 Å². The number of benzene rings is 2. The van der Waals surface area contributed by atoms with Crippen molar-refractivity contribution in [1.82, 2.24) is 25.1 Å². The summed E-state index contributed by atoms with van der Waals surface area (Å²) in [5, 5.41) is 14.1. The average molecular weight is 376 g/mol. The maximum Gasteiger partial charge on any atom is 0.255 e. The Hall–Kier alpha value is -3.55. The van der Waals surface area contributed by atoms with Crippen LogP contribution < -0.4 is 5.32 Å². The number of rotatable bonds is 5. The number of aromatic nitrogens is 4. The van der Waals surface area contributed by atoms with E-state index < -0.39 is 0 Å². The summed E-state index contributed by atoms with van der Waals surface area (Å²) in [5.41, 5.74) is 3.99. The molecule has 142 valence electrons. The van der Waals surface area contributed by atoms with Crippen LogP contribution in [0.15, 0.2) is 48.8 Å². The molecule has 1 aromatic heterocycles. The van der Waals surface area contributed by atoms with Gasteiger partial charge in [-0.25, -0.2) is 4.68 Å². The second-order valence-corrected chi connectivity index (χ2v) is 6.83. The number of amides is 2. The Morgan fingerprint density at radius 1 is 1.21 bits per heavy atom. The molecule has 0 saturated carbocycles. The van der Waals surface area contributed by atoms with Gasteiger partial charge in [0.15, 0.2) is 0 Å². The van der Waals surface area contributed by atoms with Gasteiger partial charge >= 0.3 is 0 Å². The zero-order valence-electron chi connectivity index (χ0n) is 15.5. The van der Waals surface area contributed by atoms with Crippen LogP contribution in [0.1, 0.15) is 34.3 Å². The van der Waals surface area contributed by atoms with Crippen LogP contribution >= 0.6 is 0 Å². The predicted octanol–water partition coefficient (Wildman–Crippen LogP) is 2.35. The normalized spacial score (nSPS) is 13.8. The zero-order chi connectivity index (χ0) is 19.5. The van der Waals surface area contributed by atoms with Gasteiger partial charge in [0.1, 0.15) is 6.33 Å². The highest BCUT2D eigenvalue weighted by Gasteiger charge is 2.20. The molecule has 1 saturated heterocycles. The molecule has 3 aromatic rings. The molecule has 0 bridgehead atoms. The third-order valence-corrected chi connectivity index (χ3v) is 4.78. The summed E-state index contributed by atoms with van der Waals surface area (Å²) in [6.07, 6.45) is 3.04. The van der Waals surface area contributed by atoms with Crippen molar-refractivity contribution in [2.45, 2.75) is 26.3 Å². The van der Waals surface area contributed by atoms with Crippen LogP contribution in [0.2, 0.25) is 0 Å². The molecule has 0 aliphatic carbocycles. The first-order valence-corrected chi connectivity index (χ1v) is 9.12. The molecule has 28 heavy (non-hydrogen) atoms. The van der Waals surface area contributed by atoms with Crippen LogP contribution in [0.4, 0.5) is 5.69 Å². The number of tetrazole rings is 1. The first-order chi connectivity index (χ1) is 13.6. The first-order valence-electron chi connectivity index (χ1n) is 9.12. The largest absolute Gasteiger partial charge is 0.338 e. The van der Waals surface area contributed by atoms with Crippen molar-refractivity contribution >= 4 is 17.5 Å². The molecule has 2 heterocycles. The van der Waals surface area contributed by atoms with Crippen molar-refractivity contribution in [1.29, 1.82) is 0 Å². The summed E-state index contributed by atoms with van der Waals surface area (Å²) in [6.45, 7) is 3.25. The molecule has 0 spiro atoms. The standard InChI is InChI=1S/C20H20N6O2/c1-14-10-17(7-8-18(14)26-13-21-23-24-26)22-20(28)16-5-2-4-15(11-16)12-25-9-3-6-19(25)27/h2,4-5,7-8,10-11,13H,3,6,9,12H2,1H3,(H,22,28). The summed E-state index contributed by atoms with van der Waals surface area (Å²) in [4.78, 5) is 26.3. The van der Waals surface area contributed by atoms with E-state index >= 15 is 0 Å². The lowest BCUT2D eigenvalue weighted by Crippen LogP contribution is -2.24. The van der Waals surface area contributed by atoms with Gasteiger partial charge in [-0.15, -0.1) is 5.10 Å². The van der Waals surface area contributed by atoms with Crippen LogP contribution in [-0.4, -0.2) is 43.5 Å². The number of likely N-dealkylation sites (tertiary alicyclic amines) is 1. The minimum absolute atomic E-state index is 0.174. The summed E-state index contributed by atoms with van der Waals surface area (Å²) in [7, 11) is 0. The second kappa shape index (κ2) is 7.59. The van der Waals surface area contributed by atoms with Gasteiger partial charge in [-0.3, -0.25) is 9.59 Å². The van der Waals surface area contributed by atoms with E-state index in [1.54, 1.807) is 10.7 Å². The van der Waals surface area contributed by atoms with Gasteiger partial charge in [0.2, 0.25) is 5.91 Å². The fraction of sp³-hybridized carbons (Fsp3) is 0.250. The van der Waals surface area contributed by atoms with Crippen LogP contribution in [0.25, 0.3) is 5.69 Å². The van der Waals surface area contributed by atoms with E-state index in [9.17, 15) is 9.59 Å². The minimum atomic E-state index is -0.191. The Morgan fingerprint density at radius 2 is 2.11 bits per heavy atom. The molecule has 8 nitrogen and oxygen atoms in total. The zero-order valence-corrected chi connectivity index (χ0v) is 15.5. The van der Waals surface area contributed by atoms with E-state index in [0.29, 0.717) is 24.2 Å². The quantitative estimate of drug-likeness (QED) is 0.738. The van der Waals surface area contributed by atoms with Crippen LogP contribution in [-0.2, 0) is 11.3 Å². The Bertz CT molecular complexity index is 1020. The van der Waals surface area contributed by atoms with E-state index in [2.05, 4.69) is 20.8 Å². The maximum absolute atomic E-state index is 12.7. The third kappa shape index (κ3) is 3.75. The highest BCUT2D eigenvalue weighted by molar-refractivity contribution is 6.04. The van der Waals surface area contributed by atoms with Gasteiger partial charge in [-0.1, -0.05) is 12.1 Å². The molecular formula is C20H20N6O2. The van der Waals surface area contributed by atoms with Crippen molar-refractivity contribution in [3.05, 3.63) is 65.5 Å². The lowest BCUT2D eigenvalue weighted by Gasteiger charge is -2.16. The topological polar surface area (TPSA) is 93.0 Å². The van der Waals surface area contributed by atoms with E-state index in [0.717, 1.165) is 29.8 Å². The van der Waals surface area contributed by atoms with E-state index in [1.807, 2.05) is 48.2 Å². The highest BCUT2D eigenvalue weighted by Crippen LogP contribution is 2.19. The van der Waals surface area contributed by atoms with Gasteiger partial charge in [-0.2, -0.15) is 0 Å². The third-order valence-electron chi connectivity index (χ3n) is 4.78. The van der Waals surface area contributed by atoms with Gasteiger partial charge in [-0.05, 0) is 65.2 Å². The van der Waals surface area contributed by atoms with Gasteiger partial charge < -0.3 is 10.2 Å². The number of nitrogens with zero attached hydrogens (tertiary/aromatic N) is 5. The molecule has 0 unspecified atom stereocenters. The van der Waals surface area contributed by atoms with Crippen molar-refractivity contribution in [3.63, 3.8) is 0 Å². The van der Waals surface area contributed by atoms with Crippen molar-refractivity contribution in [2.24, 2.45) is 0 Å². The molecule has 1 aliphatic rings. The van der Waals surface area contributed by atoms with Crippen molar-refractivity contribution in [2.75, 3.05) is 11.9 Å². The number of carbonyl (C=O) groups excluding carboxylic acids is 2. The molecule has 4 rings (SSSR count). The molecule has 1 aliphatic heterocycles. The van der Waals surface area contributed by atoms with Crippen LogP contribution in [0.3, 0.4) is 0 Å². The van der Waals surface area contributed by atoms with E-state index in [4.69, 9.17) is 0 Å². The molecule has 2 aromatic carbocycles. The summed E-state index contributed by atoms with van der Waals surface area (Å²) in [5.74, 6) is -0.0165. The van der Waals surface area contributed by atoms with Gasteiger partial charge in [0.25, 0.3) is 5.91 Å². The van der Waals surface area contributed by atoms with Gasteiger partial charge in [0, 0.05) is 30.8 Å².